The van der Waals surface area contributed by atoms with E-state index in [2.05, 4.69) is 27.2 Å². The second-order valence-corrected chi connectivity index (χ2v) is 8.17. The Labute approximate surface area is 212 Å². The molecule has 3 aromatic carbocycles. The molecule has 1 unspecified atom stereocenters. The van der Waals surface area contributed by atoms with Gasteiger partial charge in [-0.2, -0.15) is 0 Å². The van der Waals surface area contributed by atoms with Gasteiger partial charge in [-0.25, -0.2) is 14.8 Å². The van der Waals surface area contributed by atoms with Gasteiger partial charge in [-0.1, -0.05) is 79.4 Å². The van der Waals surface area contributed by atoms with E-state index in [1.54, 1.807) is 36.4 Å². The summed E-state index contributed by atoms with van der Waals surface area (Å²) in [5, 5.41) is 16.3. The third-order valence-corrected chi connectivity index (χ3v) is 5.81. The van der Waals surface area contributed by atoms with Crippen molar-refractivity contribution < 1.29 is 19.1 Å². The first-order valence-electron chi connectivity index (χ1n) is 11.5. The predicted molar refractivity (Wildman–Crippen MR) is 142 cm³/mol. The molecule has 37 heavy (non-hydrogen) atoms. The van der Waals surface area contributed by atoms with Gasteiger partial charge in [0.2, 0.25) is 11.6 Å². The molecular formula is C29H22N4O4. The average Bonchev–Trinajstić information content (AvgIpc) is 3.33. The van der Waals surface area contributed by atoms with Crippen LogP contribution in [0.1, 0.15) is 11.6 Å². The van der Waals surface area contributed by atoms with Gasteiger partial charge in [-0.3, -0.25) is 4.79 Å². The lowest BCUT2D eigenvalue weighted by Crippen LogP contribution is -2.21. The van der Waals surface area contributed by atoms with Crippen molar-refractivity contribution in [1.82, 2.24) is 9.97 Å². The SMILES string of the molecule is C=CC(=O)Nc1ccc(-c2c(-c3ccccc3)oc3ncnc(NC(C(=O)O)c4ccccc4)c23)cc1. The maximum absolute atomic E-state index is 12.2. The highest BCUT2D eigenvalue weighted by Gasteiger charge is 2.26. The fourth-order valence-electron chi connectivity index (χ4n) is 4.09. The van der Waals surface area contributed by atoms with E-state index in [1.807, 2.05) is 48.5 Å². The summed E-state index contributed by atoms with van der Waals surface area (Å²) in [5.74, 6) is -0.472. The molecule has 5 rings (SSSR count). The smallest absolute Gasteiger partial charge is 0.330 e. The third kappa shape index (κ3) is 4.81. The molecule has 0 aliphatic carbocycles. The summed E-state index contributed by atoms with van der Waals surface area (Å²) >= 11 is 0. The van der Waals surface area contributed by atoms with Crippen molar-refractivity contribution >= 4 is 34.5 Å². The number of carboxylic acids is 1. The highest BCUT2D eigenvalue weighted by Crippen LogP contribution is 2.43. The van der Waals surface area contributed by atoms with Gasteiger partial charge >= 0.3 is 5.97 Å². The van der Waals surface area contributed by atoms with Gasteiger partial charge in [-0.05, 0) is 29.3 Å². The Morgan fingerprint density at radius 3 is 2.22 bits per heavy atom. The standard InChI is InChI=1S/C29H22N4O4/c1-2-22(34)32-21-15-13-18(14-16-21)23-24-27(33-25(29(35)36)19-9-5-3-6-10-19)30-17-31-28(24)37-26(23)20-11-7-4-8-12-20/h2-17,25H,1H2,(H,32,34)(H,35,36)(H,30,31,33). The summed E-state index contributed by atoms with van der Waals surface area (Å²) in [7, 11) is 0. The summed E-state index contributed by atoms with van der Waals surface area (Å²) in [6, 6.07) is 24.6. The minimum Gasteiger partial charge on any atom is -0.479 e. The predicted octanol–water partition coefficient (Wildman–Crippen LogP) is 5.92. The first-order chi connectivity index (χ1) is 18.0. The molecule has 8 heteroatoms. The lowest BCUT2D eigenvalue weighted by Gasteiger charge is -2.16. The van der Waals surface area contributed by atoms with Gasteiger partial charge in [0.1, 0.15) is 17.9 Å². The first-order valence-corrected chi connectivity index (χ1v) is 11.5. The molecule has 2 aromatic heterocycles. The lowest BCUT2D eigenvalue weighted by atomic mass is 9.98. The van der Waals surface area contributed by atoms with Crippen molar-refractivity contribution in [3.05, 3.63) is 109 Å². The van der Waals surface area contributed by atoms with Gasteiger partial charge in [-0.15, -0.1) is 0 Å². The van der Waals surface area contributed by atoms with E-state index in [9.17, 15) is 14.7 Å². The van der Waals surface area contributed by atoms with Gasteiger partial charge in [0.15, 0.2) is 6.04 Å². The fraction of sp³-hybridized carbons (Fsp3) is 0.0345. The number of anilines is 2. The number of nitrogens with one attached hydrogen (secondary N) is 2. The topological polar surface area (TPSA) is 117 Å². The summed E-state index contributed by atoms with van der Waals surface area (Å²) in [6.45, 7) is 3.47. The van der Waals surface area contributed by atoms with Crippen LogP contribution in [0.2, 0.25) is 0 Å². The number of amides is 1. The van der Waals surface area contributed by atoms with Crippen LogP contribution in [-0.4, -0.2) is 27.0 Å². The van der Waals surface area contributed by atoms with Gasteiger partial charge in [0, 0.05) is 16.8 Å². The zero-order valence-electron chi connectivity index (χ0n) is 19.6. The monoisotopic (exact) mass is 490 g/mol. The van der Waals surface area contributed by atoms with E-state index < -0.39 is 12.0 Å². The van der Waals surface area contributed by atoms with Crippen LogP contribution in [0.3, 0.4) is 0 Å². The van der Waals surface area contributed by atoms with Crippen LogP contribution in [0, 0.1) is 0 Å². The maximum Gasteiger partial charge on any atom is 0.330 e. The minimum absolute atomic E-state index is 0.313. The molecule has 5 aromatic rings. The van der Waals surface area contributed by atoms with E-state index in [1.165, 1.54) is 12.4 Å². The molecule has 0 spiro atoms. The number of hydrogen-bond acceptors (Lipinski definition) is 6. The fourth-order valence-corrected chi connectivity index (χ4v) is 4.09. The van der Waals surface area contributed by atoms with E-state index in [0.29, 0.717) is 39.5 Å². The van der Waals surface area contributed by atoms with Crippen molar-refractivity contribution in [2.24, 2.45) is 0 Å². The number of rotatable bonds is 8. The molecule has 0 saturated carbocycles. The van der Waals surface area contributed by atoms with Gasteiger partial charge in [0.25, 0.3) is 0 Å². The molecular weight excluding hydrogens is 468 g/mol. The molecule has 2 heterocycles. The molecule has 3 N–H and O–H groups in total. The van der Waals surface area contributed by atoms with Crippen molar-refractivity contribution in [2.45, 2.75) is 6.04 Å². The summed E-state index contributed by atoms with van der Waals surface area (Å²) in [4.78, 5) is 32.6. The minimum atomic E-state index is -1.05. The zero-order valence-corrected chi connectivity index (χ0v) is 19.6. The van der Waals surface area contributed by atoms with E-state index in [-0.39, 0.29) is 5.91 Å². The Kier molecular flexibility index (Phi) is 6.46. The van der Waals surface area contributed by atoms with Crippen LogP contribution < -0.4 is 10.6 Å². The molecule has 1 amide bonds. The van der Waals surface area contributed by atoms with E-state index >= 15 is 0 Å². The molecule has 182 valence electrons. The summed E-state index contributed by atoms with van der Waals surface area (Å²) in [5.41, 5.74) is 3.79. The second-order valence-electron chi connectivity index (χ2n) is 8.17. The number of carbonyl (C=O) groups excluding carboxylic acids is 1. The zero-order chi connectivity index (χ0) is 25.8. The number of nitrogens with zero attached hydrogens (tertiary/aromatic N) is 2. The number of carbonyl (C=O) groups is 2. The molecule has 0 radical (unpaired) electrons. The number of furan rings is 1. The Hall–Kier alpha value is -5.24. The van der Waals surface area contributed by atoms with Crippen LogP contribution >= 0.6 is 0 Å². The number of aliphatic carboxylic acids is 1. The molecule has 0 bridgehead atoms. The van der Waals surface area contributed by atoms with Crippen molar-refractivity contribution in [1.29, 1.82) is 0 Å². The highest BCUT2D eigenvalue weighted by molar-refractivity contribution is 6.06. The molecule has 8 nitrogen and oxygen atoms in total. The van der Waals surface area contributed by atoms with Crippen LogP contribution in [-0.2, 0) is 9.59 Å². The van der Waals surface area contributed by atoms with E-state index in [4.69, 9.17) is 4.42 Å². The molecule has 0 aliphatic rings. The highest BCUT2D eigenvalue weighted by atomic mass is 16.4. The Bertz CT molecular complexity index is 1580. The van der Waals surface area contributed by atoms with Gasteiger partial charge in [0.05, 0.1) is 5.39 Å². The second kappa shape index (κ2) is 10.2. The third-order valence-electron chi connectivity index (χ3n) is 5.81. The molecule has 1 atom stereocenters. The van der Waals surface area contributed by atoms with Crippen LogP contribution in [0.25, 0.3) is 33.6 Å². The van der Waals surface area contributed by atoms with Crippen LogP contribution in [0.15, 0.2) is 108 Å². The molecule has 0 aliphatic heterocycles. The summed E-state index contributed by atoms with van der Waals surface area (Å²) in [6.07, 6.45) is 2.54. The van der Waals surface area contributed by atoms with Crippen molar-refractivity contribution in [2.75, 3.05) is 10.6 Å². The Morgan fingerprint density at radius 1 is 0.892 bits per heavy atom. The quantitative estimate of drug-likeness (QED) is 0.231. The number of fused-ring (bicyclic) bond motifs is 1. The van der Waals surface area contributed by atoms with E-state index in [0.717, 1.165) is 11.1 Å². The maximum atomic E-state index is 12.2. The Balaban J connectivity index is 1.68. The normalized spacial score (nSPS) is 11.6. The van der Waals surface area contributed by atoms with Crippen LogP contribution in [0.4, 0.5) is 11.5 Å². The number of benzene rings is 3. The lowest BCUT2D eigenvalue weighted by molar-refractivity contribution is -0.138. The van der Waals surface area contributed by atoms with Crippen molar-refractivity contribution in [3.63, 3.8) is 0 Å². The summed E-state index contributed by atoms with van der Waals surface area (Å²) < 4.78 is 6.22. The molecule has 0 saturated heterocycles. The number of aromatic nitrogens is 2. The average molecular weight is 491 g/mol. The van der Waals surface area contributed by atoms with Gasteiger partial charge < -0.3 is 20.2 Å². The largest absolute Gasteiger partial charge is 0.479 e. The Morgan fingerprint density at radius 2 is 1.57 bits per heavy atom. The first kappa shape index (κ1) is 23.5. The molecule has 0 fully saturated rings. The number of carboxylic acid groups (broad SMARTS) is 1. The number of hydrogen-bond donors (Lipinski definition) is 3. The van der Waals surface area contributed by atoms with Crippen molar-refractivity contribution in [3.8, 4) is 22.5 Å². The van der Waals surface area contributed by atoms with Crippen LogP contribution in [0.5, 0.6) is 0 Å².